The smallest absolute Gasteiger partial charge is 0.236 e. The number of para-hydroxylation sites is 1. The topological polar surface area (TPSA) is 84.0 Å². The van der Waals surface area contributed by atoms with Gasteiger partial charge in [0, 0.05) is 58.0 Å². The molecule has 1 fully saturated rings. The van der Waals surface area contributed by atoms with Gasteiger partial charge in [-0.25, -0.2) is 0 Å². The average Bonchev–Trinajstić information content (AvgIpc) is 2.89. The van der Waals surface area contributed by atoms with Crippen molar-refractivity contribution in [2.45, 2.75) is 25.9 Å². The lowest BCUT2D eigenvalue weighted by Crippen LogP contribution is -2.47. The highest BCUT2D eigenvalue weighted by atomic mass is 16.5. The zero-order chi connectivity index (χ0) is 25.2. The fourth-order valence-corrected chi connectivity index (χ4v) is 4.90. The molecule has 4 rings (SSSR count). The fourth-order valence-electron chi connectivity index (χ4n) is 4.90. The molecule has 1 aromatic heterocycles. The lowest BCUT2D eigenvalue weighted by Gasteiger charge is -2.38. The number of carbonyl (C=O) groups is 2. The number of nitrogens with zero attached hydrogens (tertiary/aromatic N) is 3. The van der Waals surface area contributed by atoms with Crippen LogP contribution in [0.1, 0.15) is 24.1 Å². The molecule has 2 aliphatic heterocycles. The Hall–Kier alpha value is -3.23. The number of benzene rings is 1. The van der Waals surface area contributed by atoms with Crippen LogP contribution in [0.4, 0.5) is 0 Å². The maximum absolute atomic E-state index is 13.5. The van der Waals surface area contributed by atoms with Gasteiger partial charge in [0.15, 0.2) is 0 Å². The van der Waals surface area contributed by atoms with Crippen LogP contribution in [-0.4, -0.2) is 73.1 Å². The number of ether oxygens (including phenoxy) is 2. The van der Waals surface area contributed by atoms with E-state index in [0.717, 1.165) is 23.4 Å². The Morgan fingerprint density at radius 2 is 2.06 bits per heavy atom. The predicted molar refractivity (Wildman–Crippen MR) is 137 cm³/mol. The maximum Gasteiger partial charge on any atom is 0.236 e. The van der Waals surface area contributed by atoms with E-state index >= 15 is 0 Å². The minimum Gasteiger partial charge on any atom is -0.489 e. The summed E-state index contributed by atoms with van der Waals surface area (Å²) >= 11 is 0. The minimum absolute atomic E-state index is 0.0276. The van der Waals surface area contributed by atoms with Crippen LogP contribution in [0.15, 0.2) is 60.8 Å². The molecule has 8 nitrogen and oxygen atoms in total. The molecule has 0 unspecified atom stereocenters. The Kier molecular flexibility index (Phi) is 9.47. The Morgan fingerprint density at radius 1 is 1.19 bits per heavy atom. The summed E-state index contributed by atoms with van der Waals surface area (Å²) in [6, 6.07) is 13.8. The molecule has 2 aliphatic rings. The van der Waals surface area contributed by atoms with Crippen LogP contribution in [0, 0.1) is 11.8 Å². The third kappa shape index (κ3) is 7.38. The van der Waals surface area contributed by atoms with Crippen molar-refractivity contribution in [3.63, 3.8) is 0 Å². The third-order valence-electron chi connectivity index (χ3n) is 6.79. The number of hydrogen-bond acceptors (Lipinski definition) is 6. The first kappa shape index (κ1) is 25.9. The van der Waals surface area contributed by atoms with Crippen molar-refractivity contribution in [1.82, 2.24) is 20.1 Å². The van der Waals surface area contributed by atoms with Gasteiger partial charge in [-0.05, 0) is 36.5 Å². The number of fused-ring (bicyclic) bond motifs is 3. The Bertz CT molecular complexity index is 1030. The molecule has 2 aromatic rings. The second-order valence-electron chi connectivity index (χ2n) is 9.41. The van der Waals surface area contributed by atoms with E-state index in [2.05, 4.69) is 21.3 Å². The fraction of sp³-hybridized carbons (Fsp3) is 0.464. The highest BCUT2D eigenvalue weighted by Gasteiger charge is 2.32. The summed E-state index contributed by atoms with van der Waals surface area (Å²) in [6.07, 6.45) is 7.16. The van der Waals surface area contributed by atoms with Crippen molar-refractivity contribution < 1.29 is 19.1 Å². The molecule has 2 bridgehead atoms. The molecule has 1 saturated heterocycles. The molecule has 1 aromatic carbocycles. The van der Waals surface area contributed by atoms with E-state index in [-0.39, 0.29) is 23.7 Å². The van der Waals surface area contributed by atoms with Gasteiger partial charge in [0.2, 0.25) is 11.8 Å². The van der Waals surface area contributed by atoms with Crippen molar-refractivity contribution >= 4 is 11.8 Å². The molecule has 0 spiro atoms. The van der Waals surface area contributed by atoms with Crippen LogP contribution in [0.2, 0.25) is 0 Å². The summed E-state index contributed by atoms with van der Waals surface area (Å²) in [5, 5.41) is 2.92. The van der Waals surface area contributed by atoms with Crippen LogP contribution in [0.25, 0.3) is 0 Å². The molecule has 2 atom stereocenters. The van der Waals surface area contributed by atoms with Crippen molar-refractivity contribution in [3.8, 4) is 5.75 Å². The van der Waals surface area contributed by atoms with Gasteiger partial charge in [-0.2, -0.15) is 0 Å². The Labute approximate surface area is 213 Å². The van der Waals surface area contributed by atoms with Crippen molar-refractivity contribution in [2.75, 3.05) is 46.5 Å². The predicted octanol–water partition coefficient (Wildman–Crippen LogP) is 2.65. The van der Waals surface area contributed by atoms with E-state index in [9.17, 15) is 9.59 Å². The summed E-state index contributed by atoms with van der Waals surface area (Å²) in [7, 11) is 1.62. The second kappa shape index (κ2) is 13.2. The van der Waals surface area contributed by atoms with E-state index in [4.69, 9.17) is 9.47 Å². The molecule has 0 radical (unpaired) electrons. The number of piperidine rings is 1. The molecule has 192 valence electrons. The Balaban J connectivity index is 1.52. The van der Waals surface area contributed by atoms with Crippen LogP contribution < -0.4 is 10.1 Å². The molecular formula is C28H36N4O4. The van der Waals surface area contributed by atoms with Gasteiger partial charge >= 0.3 is 0 Å². The summed E-state index contributed by atoms with van der Waals surface area (Å²) in [6.45, 7) is 4.16. The van der Waals surface area contributed by atoms with Gasteiger partial charge < -0.3 is 19.7 Å². The molecule has 8 heteroatoms. The zero-order valence-electron chi connectivity index (χ0n) is 21.0. The third-order valence-corrected chi connectivity index (χ3v) is 6.79. The first-order valence-electron chi connectivity index (χ1n) is 12.7. The molecule has 36 heavy (non-hydrogen) atoms. The molecular weight excluding hydrogens is 456 g/mol. The summed E-state index contributed by atoms with van der Waals surface area (Å²) < 4.78 is 11.2. The standard InChI is InChI=1S/C28H36N4O4/c1-35-16-13-30-27(33)17-22-11-14-32-19-23(22)8-6-15-36-26-10-3-2-7-24(26)18-31(21-28(32)34)20-25-9-4-5-12-29-25/h2-10,12,22-23H,11,13-21H2,1H3,(H,30,33)/b8-6+/t22-,23-/m0/s1. The van der Waals surface area contributed by atoms with E-state index in [1.807, 2.05) is 53.4 Å². The number of nitrogens with one attached hydrogen (secondary N) is 1. The lowest BCUT2D eigenvalue weighted by molar-refractivity contribution is -0.135. The van der Waals surface area contributed by atoms with Crippen LogP contribution >= 0.6 is 0 Å². The van der Waals surface area contributed by atoms with Gasteiger partial charge in [-0.15, -0.1) is 0 Å². The highest BCUT2D eigenvalue weighted by Crippen LogP contribution is 2.29. The number of pyridine rings is 1. The highest BCUT2D eigenvalue weighted by molar-refractivity contribution is 5.79. The van der Waals surface area contributed by atoms with Crippen LogP contribution in [0.3, 0.4) is 0 Å². The van der Waals surface area contributed by atoms with Crippen molar-refractivity contribution in [3.05, 3.63) is 72.1 Å². The second-order valence-corrected chi connectivity index (χ2v) is 9.41. The molecule has 1 N–H and O–H groups in total. The summed E-state index contributed by atoms with van der Waals surface area (Å²) in [5.41, 5.74) is 1.96. The van der Waals surface area contributed by atoms with E-state index in [1.165, 1.54) is 0 Å². The van der Waals surface area contributed by atoms with Gasteiger partial charge in [0.1, 0.15) is 12.4 Å². The monoisotopic (exact) mass is 492 g/mol. The molecule has 0 aliphatic carbocycles. The first-order chi connectivity index (χ1) is 17.6. The van der Waals surface area contributed by atoms with Gasteiger partial charge in [-0.1, -0.05) is 36.4 Å². The van der Waals surface area contributed by atoms with Gasteiger partial charge in [0.25, 0.3) is 0 Å². The average molecular weight is 493 g/mol. The number of methoxy groups -OCH3 is 1. The van der Waals surface area contributed by atoms with Crippen LogP contribution in [0.5, 0.6) is 5.75 Å². The van der Waals surface area contributed by atoms with Crippen LogP contribution in [-0.2, 0) is 27.4 Å². The van der Waals surface area contributed by atoms with E-state index in [1.54, 1.807) is 13.3 Å². The minimum atomic E-state index is 0.0276. The molecule has 0 saturated carbocycles. The molecule has 3 heterocycles. The van der Waals surface area contributed by atoms with Crippen molar-refractivity contribution in [1.29, 1.82) is 0 Å². The zero-order valence-corrected chi connectivity index (χ0v) is 21.0. The van der Waals surface area contributed by atoms with E-state index in [0.29, 0.717) is 58.9 Å². The normalized spacial score (nSPS) is 21.8. The summed E-state index contributed by atoms with van der Waals surface area (Å²) in [5.74, 6) is 1.22. The lowest BCUT2D eigenvalue weighted by atomic mass is 9.82. The first-order valence-corrected chi connectivity index (χ1v) is 12.7. The number of aromatic nitrogens is 1. The largest absolute Gasteiger partial charge is 0.489 e. The molecule has 2 amide bonds. The van der Waals surface area contributed by atoms with E-state index < -0.39 is 0 Å². The number of amides is 2. The maximum atomic E-state index is 13.5. The number of hydrogen-bond donors (Lipinski definition) is 1. The van der Waals surface area contributed by atoms with Gasteiger partial charge in [0.05, 0.1) is 18.8 Å². The van der Waals surface area contributed by atoms with Crippen molar-refractivity contribution in [2.24, 2.45) is 11.8 Å². The number of carbonyl (C=O) groups excluding carboxylic acids is 2. The van der Waals surface area contributed by atoms with Gasteiger partial charge in [-0.3, -0.25) is 19.5 Å². The Morgan fingerprint density at radius 3 is 2.89 bits per heavy atom. The SMILES string of the molecule is COCCNC(=O)C[C@@H]1CCN2C[C@@H]1/C=C/COc1ccccc1CN(Cc1ccccn1)CC2=O. The number of rotatable bonds is 7. The summed E-state index contributed by atoms with van der Waals surface area (Å²) in [4.78, 5) is 34.5. The quantitative estimate of drug-likeness (QED) is 0.473.